The van der Waals surface area contributed by atoms with Crippen LogP contribution in [0.4, 0.5) is 0 Å². The number of rotatable bonds is 3. The summed E-state index contributed by atoms with van der Waals surface area (Å²) >= 11 is 0. The molecule has 9 aromatic carbocycles. The zero-order valence-corrected chi connectivity index (χ0v) is 31.4. The van der Waals surface area contributed by atoms with E-state index in [0.29, 0.717) is 0 Å². The molecule has 3 heteroatoms. The SMILES string of the molecule is c1ccc(-c2cc(-c3ccccc3)cc(-n3c4ccccc4c4cc5c(cc43)C3(c4ccccc4O5)c4ccccc4-n4c5ccccc5c5cccc3c54)c2)cc1. The average Bonchev–Trinajstić information content (AvgIpc) is 3.81. The van der Waals surface area contributed by atoms with E-state index in [0.717, 1.165) is 44.7 Å². The predicted molar refractivity (Wildman–Crippen MR) is 238 cm³/mol. The van der Waals surface area contributed by atoms with Crippen molar-refractivity contribution in [2.45, 2.75) is 5.41 Å². The summed E-state index contributed by atoms with van der Waals surface area (Å²) in [5.41, 5.74) is 15.9. The maximum absolute atomic E-state index is 7.07. The van der Waals surface area contributed by atoms with Crippen LogP contribution in [-0.2, 0) is 5.41 Å². The maximum Gasteiger partial charge on any atom is 0.133 e. The van der Waals surface area contributed by atoms with Gasteiger partial charge in [0.1, 0.15) is 11.5 Å². The summed E-state index contributed by atoms with van der Waals surface area (Å²) in [6.45, 7) is 0. The van der Waals surface area contributed by atoms with E-state index >= 15 is 0 Å². The normalized spacial score (nSPS) is 15.1. The Balaban J connectivity index is 1.18. The second kappa shape index (κ2) is 11.7. The Morgan fingerprint density at radius 1 is 0.328 bits per heavy atom. The van der Waals surface area contributed by atoms with E-state index in [2.05, 4.69) is 215 Å². The van der Waals surface area contributed by atoms with Gasteiger partial charge in [0.05, 0.1) is 33.2 Å². The summed E-state index contributed by atoms with van der Waals surface area (Å²) < 4.78 is 12.0. The van der Waals surface area contributed by atoms with Crippen LogP contribution < -0.4 is 4.74 Å². The lowest BCUT2D eigenvalue weighted by Gasteiger charge is -2.45. The van der Waals surface area contributed by atoms with E-state index in [4.69, 9.17) is 4.74 Å². The molecule has 2 aromatic heterocycles. The minimum absolute atomic E-state index is 0.665. The highest BCUT2D eigenvalue weighted by molar-refractivity contribution is 6.13. The van der Waals surface area contributed by atoms with Gasteiger partial charge < -0.3 is 13.9 Å². The monoisotopic (exact) mass is 738 g/mol. The van der Waals surface area contributed by atoms with Crippen LogP contribution in [-0.4, -0.2) is 9.13 Å². The summed E-state index contributed by atoms with van der Waals surface area (Å²) in [6.07, 6.45) is 0. The first-order valence-corrected chi connectivity index (χ1v) is 20.0. The fourth-order valence-electron chi connectivity index (χ4n) is 10.4. The highest BCUT2D eigenvalue weighted by Gasteiger charge is 2.50. The lowest BCUT2D eigenvalue weighted by molar-refractivity contribution is 0.435. The molecule has 13 rings (SSSR count). The van der Waals surface area contributed by atoms with Crippen molar-refractivity contribution in [3.63, 3.8) is 0 Å². The van der Waals surface area contributed by atoms with Gasteiger partial charge in [-0.1, -0.05) is 152 Å². The van der Waals surface area contributed by atoms with Crippen molar-refractivity contribution in [1.82, 2.24) is 9.13 Å². The number of aromatic nitrogens is 2. The van der Waals surface area contributed by atoms with Crippen molar-refractivity contribution in [2.75, 3.05) is 0 Å². The second-order valence-electron chi connectivity index (χ2n) is 15.6. The summed E-state index contributed by atoms with van der Waals surface area (Å²) in [5, 5.41) is 4.87. The lowest BCUT2D eigenvalue weighted by atomic mass is 9.61. The third-order valence-corrected chi connectivity index (χ3v) is 12.7. The summed E-state index contributed by atoms with van der Waals surface area (Å²) in [6, 6.07) is 75.5. The third-order valence-electron chi connectivity index (χ3n) is 12.7. The van der Waals surface area contributed by atoms with Crippen molar-refractivity contribution < 1.29 is 4.74 Å². The molecule has 1 spiro atoms. The number of fused-ring (bicyclic) bond motifs is 14. The first-order chi connectivity index (χ1) is 28.8. The van der Waals surface area contributed by atoms with Gasteiger partial charge in [0.2, 0.25) is 0 Å². The molecular weight excluding hydrogens is 705 g/mol. The zero-order chi connectivity index (χ0) is 38.0. The van der Waals surface area contributed by atoms with Gasteiger partial charge in [-0.25, -0.2) is 0 Å². The van der Waals surface area contributed by atoms with Gasteiger partial charge in [0, 0.05) is 38.4 Å². The molecule has 58 heavy (non-hydrogen) atoms. The number of ether oxygens (including phenoxy) is 1. The predicted octanol–water partition coefficient (Wildman–Crippen LogP) is 14.0. The molecule has 0 saturated heterocycles. The van der Waals surface area contributed by atoms with Gasteiger partial charge in [0.15, 0.2) is 0 Å². The minimum Gasteiger partial charge on any atom is -0.457 e. The Bertz CT molecular complexity index is 3430. The van der Waals surface area contributed by atoms with E-state index in [1.807, 2.05) is 0 Å². The fraction of sp³-hybridized carbons (Fsp3) is 0.0182. The maximum atomic E-state index is 7.07. The first-order valence-electron chi connectivity index (χ1n) is 20.0. The molecule has 1 atom stereocenters. The van der Waals surface area contributed by atoms with Crippen LogP contribution in [0.2, 0.25) is 0 Å². The molecule has 3 nitrogen and oxygen atoms in total. The van der Waals surface area contributed by atoms with Crippen molar-refractivity contribution in [3.05, 3.63) is 229 Å². The van der Waals surface area contributed by atoms with E-state index in [9.17, 15) is 0 Å². The Morgan fingerprint density at radius 2 is 0.897 bits per heavy atom. The number of hydrogen-bond acceptors (Lipinski definition) is 1. The van der Waals surface area contributed by atoms with Crippen LogP contribution in [0.5, 0.6) is 11.5 Å². The average molecular weight is 739 g/mol. The number of hydrogen-bond donors (Lipinski definition) is 0. The fourth-order valence-corrected chi connectivity index (χ4v) is 10.4. The number of para-hydroxylation sites is 5. The molecule has 0 amide bonds. The van der Waals surface area contributed by atoms with Crippen molar-refractivity contribution >= 4 is 43.6 Å². The van der Waals surface area contributed by atoms with Gasteiger partial charge in [0.25, 0.3) is 0 Å². The Labute approximate surface area is 335 Å². The molecule has 4 heterocycles. The van der Waals surface area contributed by atoms with Crippen LogP contribution in [0.3, 0.4) is 0 Å². The molecule has 0 saturated carbocycles. The van der Waals surface area contributed by atoms with Gasteiger partial charge in [-0.15, -0.1) is 0 Å². The van der Waals surface area contributed by atoms with Gasteiger partial charge in [-0.05, 0) is 88.0 Å². The molecule has 270 valence electrons. The molecule has 1 unspecified atom stereocenters. The zero-order valence-electron chi connectivity index (χ0n) is 31.4. The van der Waals surface area contributed by atoms with Crippen LogP contribution in [0, 0.1) is 0 Å². The summed E-state index contributed by atoms with van der Waals surface area (Å²) in [7, 11) is 0. The second-order valence-corrected chi connectivity index (χ2v) is 15.6. The van der Waals surface area contributed by atoms with E-state index in [1.165, 1.54) is 66.3 Å². The highest BCUT2D eigenvalue weighted by atomic mass is 16.5. The first kappa shape index (κ1) is 31.6. The van der Waals surface area contributed by atoms with E-state index in [1.54, 1.807) is 0 Å². The summed E-state index contributed by atoms with van der Waals surface area (Å²) in [4.78, 5) is 0. The molecule has 2 aliphatic heterocycles. The topological polar surface area (TPSA) is 19.1 Å². The molecule has 0 aliphatic carbocycles. The lowest BCUT2D eigenvalue weighted by Crippen LogP contribution is -2.37. The standard InChI is InChI=1S/C55H34N2O/c1-3-16-35(17-4-1)37-30-38(36-18-5-2-6-19-36)32-39(31-37)56-48-26-11-8-21-41(48)43-33-53-47(34-51(43)56)55(45-24-10-14-29-52(45)58-53)44-23-9-13-28-50(44)57-49-27-12-7-20-40(49)42-22-15-25-46(55)54(42)57/h1-34H. The molecule has 0 radical (unpaired) electrons. The molecule has 2 aliphatic rings. The molecule has 11 aromatic rings. The smallest absolute Gasteiger partial charge is 0.133 e. The van der Waals surface area contributed by atoms with Crippen LogP contribution in [0.1, 0.15) is 22.3 Å². The van der Waals surface area contributed by atoms with Crippen LogP contribution in [0.15, 0.2) is 206 Å². The van der Waals surface area contributed by atoms with Crippen LogP contribution >= 0.6 is 0 Å². The Kier molecular flexibility index (Phi) is 6.37. The van der Waals surface area contributed by atoms with Gasteiger partial charge in [-0.2, -0.15) is 0 Å². The van der Waals surface area contributed by atoms with E-state index < -0.39 is 5.41 Å². The molecule has 0 bridgehead atoms. The highest BCUT2D eigenvalue weighted by Crippen LogP contribution is 2.61. The van der Waals surface area contributed by atoms with Gasteiger partial charge in [-0.3, -0.25) is 0 Å². The Morgan fingerprint density at radius 3 is 1.64 bits per heavy atom. The molecule has 0 fully saturated rings. The summed E-state index contributed by atoms with van der Waals surface area (Å²) in [5.74, 6) is 1.77. The largest absolute Gasteiger partial charge is 0.457 e. The minimum atomic E-state index is -0.665. The number of benzene rings is 9. The quantitative estimate of drug-likeness (QED) is 0.177. The van der Waals surface area contributed by atoms with Crippen molar-refractivity contribution in [2.24, 2.45) is 0 Å². The van der Waals surface area contributed by atoms with Crippen LogP contribution in [0.25, 0.3) is 77.2 Å². The van der Waals surface area contributed by atoms with Crippen molar-refractivity contribution in [1.29, 1.82) is 0 Å². The van der Waals surface area contributed by atoms with E-state index in [-0.39, 0.29) is 0 Å². The number of nitrogens with zero attached hydrogens (tertiary/aromatic N) is 2. The van der Waals surface area contributed by atoms with Gasteiger partial charge >= 0.3 is 0 Å². The molecule has 0 N–H and O–H groups in total. The Hall–Kier alpha value is -7.62. The molecular formula is C55H34N2O. The van der Waals surface area contributed by atoms with Crippen molar-refractivity contribution in [3.8, 4) is 45.1 Å². The third kappa shape index (κ3) is 4.12.